The Kier molecular flexibility index (Phi) is 4.06. The van der Waals surface area contributed by atoms with Gasteiger partial charge >= 0.3 is 7.60 Å². The Hall–Kier alpha value is -1.53. The summed E-state index contributed by atoms with van der Waals surface area (Å²) in [5.41, 5.74) is 5.17. The number of benzene rings is 2. The van der Waals surface area contributed by atoms with E-state index in [1.54, 1.807) is 0 Å². The Balaban J connectivity index is 3.09. The van der Waals surface area contributed by atoms with Gasteiger partial charge in [-0.2, -0.15) is 16.8 Å². The first kappa shape index (κ1) is 17.8. The second-order valence-corrected chi connectivity index (χ2v) is 8.96. The van der Waals surface area contributed by atoms with E-state index < -0.39 is 48.6 Å². The van der Waals surface area contributed by atoms with Gasteiger partial charge in [0.15, 0.2) is 0 Å². The minimum atomic E-state index is -4.93. The van der Waals surface area contributed by atoms with Crippen LogP contribution in [0.5, 0.6) is 0 Å². The number of hydrogen-bond donors (Lipinski definition) is 5. The van der Waals surface area contributed by atoms with Crippen molar-refractivity contribution in [1.82, 2.24) is 0 Å². The van der Waals surface area contributed by atoms with Gasteiger partial charge in [-0.3, -0.25) is 13.7 Å². The molecule has 0 bridgehead atoms. The molecule has 0 aliphatic rings. The van der Waals surface area contributed by atoms with Gasteiger partial charge in [-0.25, -0.2) is 0 Å². The zero-order valence-corrected chi connectivity index (χ0v) is 13.5. The summed E-state index contributed by atoms with van der Waals surface area (Å²) in [6, 6.07) is 2.89. The van der Waals surface area contributed by atoms with E-state index in [1.807, 2.05) is 0 Å². The molecule has 0 saturated carbocycles. The van der Waals surface area contributed by atoms with E-state index >= 15 is 0 Å². The van der Waals surface area contributed by atoms with Crippen molar-refractivity contribution in [2.75, 3.05) is 5.73 Å². The standard InChI is InChI=1S/C10H10NO9PS2/c11-8-3-6(21(12,13)14)1-5-2-7(22(15,16)17)4-9(10(5)8)23(18,19)20/h1-4H,11H2,(H2,12,13,14)(H,15,16,17)(H,18,19,20). The lowest BCUT2D eigenvalue weighted by Crippen LogP contribution is -2.10. The Morgan fingerprint density at radius 3 is 1.91 bits per heavy atom. The smallest absolute Gasteiger partial charge is 0.356 e. The topological polar surface area (TPSA) is 192 Å². The van der Waals surface area contributed by atoms with Gasteiger partial charge in [0.05, 0.1) is 10.2 Å². The van der Waals surface area contributed by atoms with Gasteiger partial charge in [0.2, 0.25) is 0 Å². The molecule has 126 valence electrons. The van der Waals surface area contributed by atoms with Crippen LogP contribution in [-0.4, -0.2) is 35.7 Å². The van der Waals surface area contributed by atoms with Crippen LogP contribution in [0.1, 0.15) is 0 Å². The maximum atomic E-state index is 11.4. The molecule has 0 saturated heterocycles. The number of nitrogen functional groups attached to an aromatic ring is 1. The van der Waals surface area contributed by atoms with Gasteiger partial charge in [0, 0.05) is 11.1 Å². The van der Waals surface area contributed by atoms with Gasteiger partial charge in [-0.1, -0.05) is 0 Å². The number of hydrogen-bond acceptors (Lipinski definition) is 6. The summed E-state index contributed by atoms with van der Waals surface area (Å²) in [7, 11) is -14.5. The molecule has 0 unspecified atom stereocenters. The number of anilines is 1. The van der Waals surface area contributed by atoms with E-state index in [4.69, 9.17) is 20.1 Å². The third kappa shape index (κ3) is 3.53. The Labute approximate surface area is 130 Å². The summed E-state index contributed by atoms with van der Waals surface area (Å²) in [6.45, 7) is 0. The molecule has 23 heavy (non-hydrogen) atoms. The van der Waals surface area contributed by atoms with Crippen molar-refractivity contribution < 1.29 is 40.3 Å². The van der Waals surface area contributed by atoms with Crippen LogP contribution >= 0.6 is 7.60 Å². The Bertz CT molecular complexity index is 1070. The fourth-order valence-corrected chi connectivity index (χ4v) is 3.99. The van der Waals surface area contributed by atoms with Crippen molar-refractivity contribution in [1.29, 1.82) is 0 Å². The van der Waals surface area contributed by atoms with Gasteiger partial charge < -0.3 is 15.5 Å². The van der Waals surface area contributed by atoms with Gasteiger partial charge in [0.1, 0.15) is 4.90 Å². The minimum absolute atomic E-state index is 0.300. The minimum Gasteiger partial charge on any atom is -0.398 e. The molecule has 0 heterocycles. The first-order valence-corrected chi connectivity index (χ1v) is 10.1. The molecule has 10 nitrogen and oxygen atoms in total. The molecule has 0 amide bonds. The number of nitrogens with two attached hydrogens (primary N) is 1. The number of rotatable bonds is 3. The summed E-state index contributed by atoms with van der Waals surface area (Å²) < 4.78 is 74.9. The predicted molar refractivity (Wildman–Crippen MR) is 79.7 cm³/mol. The fraction of sp³-hybridized carbons (Fsp3) is 0. The SMILES string of the molecule is Nc1cc(P(=O)(O)O)cc2cc(S(=O)(=O)O)cc(S(=O)(=O)O)c12. The molecule has 0 aliphatic heterocycles. The molecule has 0 spiro atoms. The molecule has 2 rings (SSSR count). The average Bonchev–Trinajstić information content (AvgIpc) is 2.33. The third-order valence-corrected chi connectivity index (χ3v) is 5.55. The molecule has 6 N–H and O–H groups in total. The van der Waals surface area contributed by atoms with E-state index in [0.717, 1.165) is 18.2 Å². The third-order valence-electron chi connectivity index (χ3n) is 2.91. The van der Waals surface area contributed by atoms with Crippen molar-refractivity contribution in [2.45, 2.75) is 9.79 Å². The average molecular weight is 383 g/mol. The van der Waals surface area contributed by atoms with Crippen LogP contribution in [0, 0.1) is 0 Å². The summed E-state index contributed by atoms with van der Waals surface area (Å²) in [5.74, 6) is 0. The molecular weight excluding hydrogens is 373 g/mol. The lowest BCUT2D eigenvalue weighted by Gasteiger charge is -2.12. The molecule has 13 heteroatoms. The first-order chi connectivity index (χ1) is 10.2. The van der Waals surface area contributed by atoms with Crippen molar-refractivity contribution in [3.05, 3.63) is 24.3 Å². The molecule has 0 fully saturated rings. The van der Waals surface area contributed by atoms with Crippen LogP contribution in [0.4, 0.5) is 5.69 Å². The zero-order valence-electron chi connectivity index (χ0n) is 11.0. The zero-order chi connectivity index (χ0) is 17.8. The normalized spacial score (nSPS) is 13.4. The highest BCUT2D eigenvalue weighted by Crippen LogP contribution is 2.38. The van der Waals surface area contributed by atoms with Crippen molar-refractivity contribution in [3.8, 4) is 0 Å². The summed E-state index contributed by atoms with van der Waals surface area (Å²) in [4.78, 5) is 16.5. The van der Waals surface area contributed by atoms with Crippen LogP contribution < -0.4 is 11.0 Å². The first-order valence-electron chi connectivity index (χ1n) is 5.59. The summed E-state index contributed by atoms with van der Waals surface area (Å²) in [6.07, 6.45) is 0. The van der Waals surface area contributed by atoms with E-state index in [9.17, 15) is 26.0 Å². The van der Waals surface area contributed by atoms with E-state index in [2.05, 4.69) is 0 Å². The van der Waals surface area contributed by atoms with Crippen molar-refractivity contribution >= 4 is 49.6 Å². The van der Waals surface area contributed by atoms with E-state index in [0.29, 0.717) is 6.07 Å². The highest BCUT2D eigenvalue weighted by atomic mass is 32.2. The lowest BCUT2D eigenvalue weighted by molar-refractivity contribution is 0.387. The predicted octanol–water partition coefficient (Wildman–Crippen LogP) is -0.282. The monoisotopic (exact) mass is 383 g/mol. The molecule has 2 aromatic rings. The van der Waals surface area contributed by atoms with E-state index in [1.165, 1.54) is 0 Å². The van der Waals surface area contributed by atoms with Crippen LogP contribution in [0.15, 0.2) is 34.1 Å². The van der Waals surface area contributed by atoms with Crippen molar-refractivity contribution in [3.63, 3.8) is 0 Å². The highest BCUT2D eigenvalue weighted by molar-refractivity contribution is 7.86. The highest BCUT2D eigenvalue weighted by Gasteiger charge is 2.25. The maximum absolute atomic E-state index is 11.4. The molecule has 0 aliphatic carbocycles. The van der Waals surface area contributed by atoms with Crippen LogP contribution in [0.2, 0.25) is 0 Å². The largest absolute Gasteiger partial charge is 0.398 e. The molecule has 0 atom stereocenters. The maximum Gasteiger partial charge on any atom is 0.356 e. The second kappa shape index (κ2) is 5.24. The second-order valence-electron chi connectivity index (χ2n) is 4.55. The van der Waals surface area contributed by atoms with Gasteiger partial charge in [-0.05, 0) is 29.7 Å². The van der Waals surface area contributed by atoms with Crippen molar-refractivity contribution in [2.24, 2.45) is 0 Å². The fourth-order valence-electron chi connectivity index (χ4n) is 1.99. The Morgan fingerprint density at radius 1 is 0.913 bits per heavy atom. The van der Waals surface area contributed by atoms with Crippen LogP contribution in [-0.2, 0) is 24.8 Å². The summed E-state index contributed by atoms with van der Waals surface area (Å²) >= 11 is 0. The molecule has 0 aromatic heterocycles. The molecule has 2 aromatic carbocycles. The Morgan fingerprint density at radius 2 is 1.48 bits per heavy atom. The van der Waals surface area contributed by atoms with Gasteiger partial charge in [0.25, 0.3) is 20.2 Å². The summed E-state index contributed by atoms with van der Waals surface area (Å²) in [5, 5.41) is -1.22. The molecular formula is C10H10NO9PS2. The number of fused-ring (bicyclic) bond motifs is 1. The van der Waals surface area contributed by atoms with Gasteiger partial charge in [-0.15, -0.1) is 0 Å². The van der Waals surface area contributed by atoms with E-state index in [-0.39, 0.29) is 10.8 Å². The van der Waals surface area contributed by atoms with Crippen LogP contribution in [0.25, 0.3) is 10.8 Å². The van der Waals surface area contributed by atoms with Crippen LogP contribution in [0.3, 0.4) is 0 Å². The molecule has 0 radical (unpaired) electrons. The lowest BCUT2D eigenvalue weighted by atomic mass is 10.1. The quantitative estimate of drug-likeness (QED) is 0.267.